The van der Waals surface area contributed by atoms with Gasteiger partial charge in [0.25, 0.3) is 6.43 Å². The molecule has 4 aromatic rings. The fourth-order valence-corrected chi connectivity index (χ4v) is 5.41. The molecule has 0 radical (unpaired) electrons. The molecule has 7 nitrogen and oxygen atoms in total. The van der Waals surface area contributed by atoms with Crippen LogP contribution in [-0.4, -0.2) is 69.6 Å². The molecule has 3 heterocycles. The number of pyridine rings is 1. The minimum atomic E-state index is -5.06. The summed E-state index contributed by atoms with van der Waals surface area (Å²) in [6.07, 6.45) is -10.6. The third-order valence-electron chi connectivity index (χ3n) is 7.20. The van der Waals surface area contributed by atoms with E-state index < -0.39 is 42.5 Å². The van der Waals surface area contributed by atoms with E-state index in [9.17, 15) is 45.0 Å². The van der Waals surface area contributed by atoms with Gasteiger partial charge >= 0.3 is 18.3 Å². The second-order valence-electron chi connectivity index (χ2n) is 10.2. The number of alkyl halides is 8. The summed E-state index contributed by atoms with van der Waals surface area (Å²) in [5.41, 5.74) is -1.89. The van der Waals surface area contributed by atoms with E-state index in [1.54, 1.807) is 11.0 Å². The van der Waals surface area contributed by atoms with E-state index in [1.807, 2.05) is 0 Å². The Morgan fingerprint density at radius 3 is 2.27 bits per heavy atom. The fourth-order valence-electron chi connectivity index (χ4n) is 5.24. The number of halogens is 9. The molecule has 0 atom stereocenters. The average molecular weight is 660 g/mol. The van der Waals surface area contributed by atoms with Crippen LogP contribution < -0.4 is 4.90 Å². The third kappa shape index (κ3) is 7.04. The van der Waals surface area contributed by atoms with E-state index in [2.05, 4.69) is 10.1 Å². The molecule has 0 amide bonds. The van der Waals surface area contributed by atoms with Crippen LogP contribution in [0.2, 0.25) is 5.02 Å². The Morgan fingerprint density at radius 1 is 0.933 bits per heavy atom. The van der Waals surface area contributed by atoms with E-state index in [0.29, 0.717) is 22.0 Å². The molecule has 1 N–H and O–H groups in total. The van der Waals surface area contributed by atoms with Crippen molar-refractivity contribution in [3.8, 4) is 28.1 Å². The summed E-state index contributed by atoms with van der Waals surface area (Å²) >= 11 is 6.23. The number of benzene rings is 2. The van der Waals surface area contributed by atoms with Gasteiger partial charge in [-0.05, 0) is 47.5 Å². The molecule has 0 unspecified atom stereocenters. The Balaban J connectivity index is 1.52. The van der Waals surface area contributed by atoms with Crippen LogP contribution in [0, 0.1) is 0 Å². The zero-order valence-electron chi connectivity index (χ0n) is 22.9. The van der Waals surface area contributed by atoms with E-state index >= 15 is 0 Å². The van der Waals surface area contributed by atoms with Gasteiger partial charge in [0, 0.05) is 54.2 Å². The molecule has 1 fully saturated rings. The van der Waals surface area contributed by atoms with Crippen molar-refractivity contribution >= 4 is 23.3 Å². The summed E-state index contributed by atoms with van der Waals surface area (Å²) in [5.74, 6) is -1.82. The van der Waals surface area contributed by atoms with E-state index in [-0.39, 0.29) is 59.4 Å². The number of carboxylic acid groups (broad SMARTS) is 1. The quantitative estimate of drug-likeness (QED) is 0.206. The number of hydrogen-bond acceptors (Lipinski definition) is 5. The summed E-state index contributed by atoms with van der Waals surface area (Å²) in [6.45, 7) is -0.806. The molecule has 0 spiro atoms. The maximum absolute atomic E-state index is 14.3. The van der Waals surface area contributed by atoms with Crippen molar-refractivity contribution in [3.05, 3.63) is 82.8 Å². The van der Waals surface area contributed by atoms with E-state index in [1.165, 1.54) is 53.6 Å². The predicted molar refractivity (Wildman–Crippen MR) is 149 cm³/mol. The van der Waals surface area contributed by atoms with Crippen molar-refractivity contribution in [2.75, 3.05) is 37.6 Å². The standard InChI is InChI=1S/C29H22ClF8N5O2/c30-17-2-3-19(16-1-4-24(21(11-16)26(31)32)42-9-7-41(8-10-42)15-28(33,34)35)20(12-17)23-13-18(5-6-39-23)43-25(29(36,37)38)22(14-40-43)27(44)45/h1-6,11-14,26H,7-10,15H2,(H,44,45). The number of carbonyl (C=O) groups is 1. The molecule has 1 saturated heterocycles. The van der Waals surface area contributed by atoms with Crippen molar-refractivity contribution < 1.29 is 45.0 Å². The van der Waals surface area contributed by atoms with Crippen LogP contribution in [0.5, 0.6) is 0 Å². The molecule has 45 heavy (non-hydrogen) atoms. The number of anilines is 1. The first-order chi connectivity index (χ1) is 21.1. The number of aromatic carboxylic acids is 1. The van der Waals surface area contributed by atoms with Crippen molar-refractivity contribution in [3.63, 3.8) is 0 Å². The summed E-state index contributed by atoms with van der Waals surface area (Å²) in [4.78, 5) is 18.5. The van der Waals surface area contributed by atoms with Crippen molar-refractivity contribution in [2.45, 2.75) is 18.8 Å². The lowest BCUT2D eigenvalue weighted by Gasteiger charge is -2.37. The first-order valence-electron chi connectivity index (χ1n) is 13.2. The first-order valence-corrected chi connectivity index (χ1v) is 13.6. The number of rotatable bonds is 7. The topological polar surface area (TPSA) is 74.5 Å². The maximum atomic E-state index is 14.3. The SMILES string of the molecule is O=C(O)c1cnn(-c2ccnc(-c3cc(Cl)ccc3-c3ccc(N4CCN(CC(F)(F)F)CC4)c(C(F)F)c3)c2)c1C(F)(F)F. The third-order valence-corrected chi connectivity index (χ3v) is 7.44. The molecule has 0 saturated carbocycles. The minimum Gasteiger partial charge on any atom is -0.478 e. The van der Waals surface area contributed by atoms with Gasteiger partial charge in [-0.15, -0.1) is 0 Å². The molecule has 238 valence electrons. The number of carboxylic acids is 1. The number of piperazine rings is 1. The van der Waals surface area contributed by atoms with Crippen LogP contribution >= 0.6 is 11.6 Å². The lowest BCUT2D eigenvalue weighted by Crippen LogP contribution is -2.49. The smallest absolute Gasteiger partial charge is 0.434 e. The Morgan fingerprint density at radius 2 is 1.64 bits per heavy atom. The van der Waals surface area contributed by atoms with Crippen molar-refractivity contribution in [1.82, 2.24) is 19.7 Å². The summed E-state index contributed by atoms with van der Waals surface area (Å²) in [5, 5.41) is 13.1. The van der Waals surface area contributed by atoms with Gasteiger partial charge in [-0.3, -0.25) is 9.88 Å². The highest BCUT2D eigenvalue weighted by Crippen LogP contribution is 2.40. The van der Waals surface area contributed by atoms with Crippen LogP contribution in [0.3, 0.4) is 0 Å². The van der Waals surface area contributed by atoms with Gasteiger partial charge in [-0.2, -0.15) is 31.4 Å². The molecule has 0 bridgehead atoms. The molecule has 0 aliphatic carbocycles. The summed E-state index contributed by atoms with van der Waals surface area (Å²) in [7, 11) is 0. The highest BCUT2D eigenvalue weighted by atomic mass is 35.5. The lowest BCUT2D eigenvalue weighted by molar-refractivity contribution is -0.146. The van der Waals surface area contributed by atoms with Crippen LogP contribution in [0.15, 0.2) is 60.9 Å². The van der Waals surface area contributed by atoms with E-state index in [4.69, 9.17) is 11.6 Å². The van der Waals surface area contributed by atoms with Crippen LogP contribution in [0.4, 0.5) is 40.8 Å². The predicted octanol–water partition coefficient (Wildman–Crippen LogP) is 7.59. The Kier molecular flexibility index (Phi) is 8.77. The molecule has 16 heteroatoms. The monoisotopic (exact) mass is 659 g/mol. The lowest BCUT2D eigenvalue weighted by atomic mass is 9.95. The van der Waals surface area contributed by atoms with Gasteiger partial charge in [0.1, 0.15) is 5.56 Å². The maximum Gasteiger partial charge on any atom is 0.434 e. The zero-order valence-corrected chi connectivity index (χ0v) is 23.6. The van der Waals surface area contributed by atoms with Crippen LogP contribution in [-0.2, 0) is 6.18 Å². The largest absolute Gasteiger partial charge is 0.478 e. The molecule has 1 aliphatic heterocycles. The van der Waals surface area contributed by atoms with Crippen molar-refractivity contribution in [2.24, 2.45) is 0 Å². The normalized spacial score (nSPS) is 14.8. The van der Waals surface area contributed by atoms with Gasteiger partial charge in [-0.1, -0.05) is 23.7 Å². The first kappa shape index (κ1) is 32.2. The second-order valence-corrected chi connectivity index (χ2v) is 10.6. The highest BCUT2D eigenvalue weighted by molar-refractivity contribution is 6.31. The molecular weight excluding hydrogens is 638 g/mol. The molecule has 5 rings (SSSR count). The highest BCUT2D eigenvalue weighted by Gasteiger charge is 2.41. The van der Waals surface area contributed by atoms with Gasteiger partial charge in [0.05, 0.1) is 24.1 Å². The average Bonchev–Trinajstić information content (AvgIpc) is 3.44. The Labute approximate surface area is 255 Å². The fraction of sp³-hybridized carbons (Fsp3) is 0.276. The summed E-state index contributed by atoms with van der Waals surface area (Å²) in [6, 6.07) is 11.1. The molecule has 1 aliphatic rings. The minimum absolute atomic E-state index is 0.0353. The Hall–Kier alpha value is -4.24. The number of hydrogen-bond donors (Lipinski definition) is 1. The van der Waals surface area contributed by atoms with Crippen molar-refractivity contribution in [1.29, 1.82) is 0 Å². The van der Waals surface area contributed by atoms with Gasteiger partial charge < -0.3 is 10.0 Å². The summed E-state index contributed by atoms with van der Waals surface area (Å²) < 4.78 is 109. The molecular formula is C29H22ClF8N5O2. The molecule has 2 aromatic heterocycles. The molecule has 2 aromatic carbocycles. The van der Waals surface area contributed by atoms with E-state index in [0.717, 1.165) is 0 Å². The second kappa shape index (κ2) is 12.3. The number of aromatic nitrogens is 3. The van der Waals surface area contributed by atoms with Crippen LogP contribution in [0.25, 0.3) is 28.1 Å². The zero-order chi connectivity index (χ0) is 32.7. The van der Waals surface area contributed by atoms with Crippen LogP contribution in [0.1, 0.15) is 28.0 Å². The Bertz CT molecular complexity index is 1720. The van der Waals surface area contributed by atoms with Gasteiger partial charge in [0.2, 0.25) is 0 Å². The number of nitrogens with zero attached hydrogens (tertiary/aromatic N) is 5. The van der Waals surface area contributed by atoms with Gasteiger partial charge in [-0.25, -0.2) is 18.3 Å². The van der Waals surface area contributed by atoms with Gasteiger partial charge in [0.15, 0.2) is 5.69 Å².